The lowest BCUT2D eigenvalue weighted by Crippen LogP contribution is -2.00. The zero-order chi connectivity index (χ0) is 10.2. The molecule has 0 bridgehead atoms. The fraction of sp³-hybridized carbons (Fsp3) is 0.273. The van der Waals surface area contributed by atoms with Gasteiger partial charge in [0.1, 0.15) is 6.29 Å². The van der Waals surface area contributed by atoms with Crippen LogP contribution in [0.5, 0.6) is 0 Å². The van der Waals surface area contributed by atoms with E-state index in [0.717, 1.165) is 24.9 Å². The summed E-state index contributed by atoms with van der Waals surface area (Å²) in [4.78, 5) is 10.4. The number of nitriles is 1. The van der Waals surface area contributed by atoms with Crippen LogP contribution in [0.15, 0.2) is 24.3 Å². The van der Waals surface area contributed by atoms with Crippen molar-refractivity contribution >= 4 is 12.0 Å². The molecule has 0 spiro atoms. The third-order valence-corrected chi connectivity index (χ3v) is 1.84. The van der Waals surface area contributed by atoms with E-state index in [2.05, 4.69) is 11.4 Å². The van der Waals surface area contributed by atoms with E-state index in [4.69, 9.17) is 5.26 Å². The summed E-state index contributed by atoms with van der Waals surface area (Å²) in [5, 5.41) is 11.5. The number of hydrogen-bond donors (Lipinski definition) is 1. The normalized spacial score (nSPS) is 9.07. The first-order chi connectivity index (χ1) is 6.86. The lowest BCUT2D eigenvalue weighted by atomic mass is 10.2. The van der Waals surface area contributed by atoms with Gasteiger partial charge in [-0.05, 0) is 30.7 Å². The van der Waals surface area contributed by atoms with Gasteiger partial charge in [0.05, 0.1) is 6.07 Å². The number of benzene rings is 1. The Morgan fingerprint density at radius 1 is 1.36 bits per heavy atom. The van der Waals surface area contributed by atoms with Gasteiger partial charge < -0.3 is 5.32 Å². The highest BCUT2D eigenvalue weighted by Gasteiger charge is 1.92. The molecule has 3 nitrogen and oxygen atoms in total. The molecule has 1 rings (SSSR count). The maximum atomic E-state index is 10.4. The number of aldehydes is 1. The van der Waals surface area contributed by atoms with Crippen LogP contribution in [-0.4, -0.2) is 12.8 Å². The van der Waals surface area contributed by atoms with E-state index < -0.39 is 0 Å². The van der Waals surface area contributed by atoms with Gasteiger partial charge in [-0.3, -0.25) is 4.79 Å². The second-order valence-electron chi connectivity index (χ2n) is 2.93. The predicted octanol–water partition coefficient (Wildman–Crippen LogP) is 2.21. The maximum absolute atomic E-state index is 10.4. The van der Waals surface area contributed by atoms with Gasteiger partial charge >= 0.3 is 0 Å². The number of carbonyl (C=O) groups is 1. The minimum atomic E-state index is 0.569. The van der Waals surface area contributed by atoms with E-state index in [1.807, 2.05) is 12.1 Å². The van der Waals surface area contributed by atoms with E-state index in [-0.39, 0.29) is 0 Å². The third kappa shape index (κ3) is 3.28. The molecule has 1 aromatic carbocycles. The highest BCUT2D eigenvalue weighted by atomic mass is 16.1. The Kier molecular flexibility index (Phi) is 4.22. The van der Waals surface area contributed by atoms with Crippen molar-refractivity contribution in [1.82, 2.24) is 0 Å². The van der Waals surface area contributed by atoms with Gasteiger partial charge in [0.25, 0.3) is 0 Å². The number of nitrogens with zero attached hydrogens (tertiary/aromatic N) is 1. The number of carbonyl (C=O) groups excluding carboxylic acids is 1. The molecule has 0 saturated heterocycles. The largest absolute Gasteiger partial charge is 0.385 e. The second-order valence-corrected chi connectivity index (χ2v) is 2.93. The predicted molar refractivity (Wildman–Crippen MR) is 55.2 cm³/mol. The van der Waals surface area contributed by atoms with Crippen LogP contribution in [0.25, 0.3) is 0 Å². The van der Waals surface area contributed by atoms with E-state index in [1.54, 1.807) is 12.1 Å². The number of unbranched alkanes of at least 4 members (excludes halogenated alkanes) is 1. The number of nitrogens with one attached hydrogen (secondary N) is 1. The minimum Gasteiger partial charge on any atom is -0.385 e. The van der Waals surface area contributed by atoms with Gasteiger partial charge in [0.15, 0.2) is 0 Å². The molecule has 0 radical (unpaired) electrons. The SMILES string of the molecule is N#CCCCNc1ccc(C=O)cc1. The Balaban J connectivity index is 2.37. The highest BCUT2D eigenvalue weighted by molar-refractivity contribution is 5.75. The Labute approximate surface area is 83.4 Å². The topological polar surface area (TPSA) is 52.9 Å². The van der Waals surface area contributed by atoms with E-state index in [1.165, 1.54) is 0 Å². The first-order valence-electron chi connectivity index (χ1n) is 4.53. The van der Waals surface area contributed by atoms with Crippen LogP contribution in [-0.2, 0) is 0 Å². The Morgan fingerprint density at radius 3 is 2.64 bits per heavy atom. The van der Waals surface area contributed by atoms with Gasteiger partial charge in [-0.1, -0.05) is 0 Å². The molecule has 0 atom stereocenters. The molecule has 3 heteroatoms. The van der Waals surface area contributed by atoms with Gasteiger partial charge in [-0.15, -0.1) is 0 Å². The van der Waals surface area contributed by atoms with Crippen LogP contribution in [0, 0.1) is 11.3 Å². The zero-order valence-corrected chi connectivity index (χ0v) is 7.86. The Hall–Kier alpha value is -1.82. The first kappa shape index (κ1) is 10.3. The van der Waals surface area contributed by atoms with Crippen LogP contribution in [0.1, 0.15) is 23.2 Å². The third-order valence-electron chi connectivity index (χ3n) is 1.84. The van der Waals surface area contributed by atoms with Crippen molar-refractivity contribution in [1.29, 1.82) is 5.26 Å². The molecule has 14 heavy (non-hydrogen) atoms. The van der Waals surface area contributed by atoms with Crippen molar-refractivity contribution in [3.8, 4) is 6.07 Å². The first-order valence-corrected chi connectivity index (χ1v) is 4.53. The van der Waals surface area contributed by atoms with Gasteiger partial charge in [0, 0.05) is 24.2 Å². The van der Waals surface area contributed by atoms with Crippen molar-refractivity contribution < 1.29 is 4.79 Å². The van der Waals surface area contributed by atoms with Crippen LogP contribution in [0.4, 0.5) is 5.69 Å². The molecule has 0 unspecified atom stereocenters. The summed E-state index contributed by atoms with van der Waals surface area (Å²) < 4.78 is 0. The van der Waals surface area contributed by atoms with Gasteiger partial charge in [-0.2, -0.15) is 5.26 Å². The molecule has 0 aliphatic carbocycles. The van der Waals surface area contributed by atoms with Crippen LogP contribution < -0.4 is 5.32 Å². The number of hydrogen-bond acceptors (Lipinski definition) is 3. The van der Waals surface area contributed by atoms with Crippen LogP contribution >= 0.6 is 0 Å². The van der Waals surface area contributed by atoms with Crippen LogP contribution in [0.2, 0.25) is 0 Å². The minimum absolute atomic E-state index is 0.569. The summed E-state index contributed by atoms with van der Waals surface area (Å²) in [6.07, 6.45) is 2.23. The standard InChI is InChI=1S/C11H12N2O/c12-7-1-2-8-13-11-5-3-10(9-14)4-6-11/h3-6,9,13H,1-2,8H2. The van der Waals surface area contributed by atoms with Crippen molar-refractivity contribution in [2.24, 2.45) is 0 Å². The summed E-state index contributed by atoms with van der Waals surface area (Å²) in [6.45, 7) is 0.786. The molecular weight excluding hydrogens is 176 g/mol. The molecule has 0 heterocycles. The lowest BCUT2D eigenvalue weighted by Gasteiger charge is -2.04. The van der Waals surface area contributed by atoms with E-state index in [0.29, 0.717) is 12.0 Å². The molecule has 1 aromatic rings. The quantitative estimate of drug-likeness (QED) is 0.569. The molecule has 0 amide bonds. The van der Waals surface area contributed by atoms with Crippen LogP contribution in [0.3, 0.4) is 0 Å². The average Bonchev–Trinajstić information content (AvgIpc) is 2.25. The second kappa shape index (κ2) is 5.76. The van der Waals surface area contributed by atoms with Crippen molar-refractivity contribution in [3.05, 3.63) is 29.8 Å². The molecule has 0 aliphatic rings. The lowest BCUT2D eigenvalue weighted by molar-refractivity contribution is 0.112. The van der Waals surface area contributed by atoms with E-state index in [9.17, 15) is 4.79 Å². The molecule has 0 aromatic heterocycles. The average molecular weight is 188 g/mol. The fourth-order valence-electron chi connectivity index (χ4n) is 1.08. The zero-order valence-electron chi connectivity index (χ0n) is 7.86. The molecule has 0 saturated carbocycles. The molecule has 72 valence electrons. The summed E-state index contributed by atoms with van der Waals surface area (Å²) in [6, 6.07) is 9.33. The molecule has 0 aliphatic heterocycles. The highest BCUT2D eigenvalue weighted by Crippen LogP contribution is 2.07. The van der Waals surface area contributed by atoms with Gasteiger partial charge in [0.2, 0.25) is 0 Å². The monoisotopic (exact) mass is 188 g/mol. The smallest absolute Gasteiger partial charge is 0.150 e. The summed E-state index contributed by atoms with van der Waals surface area (Å²) in [5.74, 6) is 0. The number of anilines is 1. The summed E-state index contributed by atoms with van der Waals surface area (Å²) in [5.41, 5.74) is 1.65. The van der Waals surface area contributed by atoms with Crippen molar-refractivity contribution in [2.45, 2.75) is 12.8 Å². The summed E-state index contributed by atoms with van der Waals surface area (Å²) >= 11 is 0. The molecule has 0 fully saturated rings. The summed E-state index contributed by atoms with van der Waals surface area (Å²) in [7, 11) is 0. The van der Waals surface area contributed by atoms with Gasteiger partial charge in [-0.25, -0.2) is 0 Å². The number of rotatable bonds is 5. The maximum Gasteiger partial charge on any atom is 0.150 e. The van der Waals surface area contributed by atoms with Crippen molar-refractivity contribution in [2.75, 3.05) is 11.9 Å². The Bertz CT molecular complexity index is 324. The molecular formula is C11H12N2O. The Morgan fingerprint density at radius 2 is 2.07 bits per heavy atom. The molecule has 1 N–H and O–H groups in total. The fourth-order valence-corrected chi connectivity index (χ4v) is 1.08. The van der Waals surface area contributed by atoms with Crippen molar-refractivity contribution in [3.63, 3.8) is 0 Å². The van der Waals surface area contributed by atoms with E-state index >= 15 is 0 Å².